The zero-order valence-corrected chi connectivity index (χ0v) is 22.1. The Hall–Kier alpha value is -3.90. The molecule has 0 aromatic heterocycles. The maximum atomic E-state index is 12.9. The average molecular weight is 576 g/mol. The minimum Gasteiger partial charge on any atom is -0.406 e. The molecular formula is C28H28F3N3O5S. The number of ether oxygens (including phenoxy) is 1. The average Bonchev–Trinajstić information content (AvgIpc) is 3.40. The molecule has 8 nitrogen and oxygen atoms in total. The highest BCUT2D eigenvalue weighted by molar-refractivity contribution is 7.89. The fraction of sp³-hybridized carbons (Fsp3) is 0.286. The van der Waals surface area contributed by atoms with Gasteiger partial charge < -0.3 is 15.4 Å². The first-order chi connectivity index (χ1) is 18.9. The first-order valence-corrected chi connectivity index (χ1v) is 14.1. The number of carbonyl (C=O) groups excluding carboxylic acids is 2. The zero-order valence-electron chi connectivity index (χ0n) is 21.3. The van der Waals surface area contributed by atoms with E-state index in [0.29, 0.717) is 36.0 Å². The van der Waals surface area contributed by atoms with E-state index >= 15 is 0 Å². The van der Waals surface area contributed by atoms with E-state index in [2.05, 4.69) is 15.4 Å². The number of alkyl halides is 3. The van der Waals surface area contributed by atoms with Crippen molar-refractivity contribution < 1.29 is 35.9 Å². The molecule has 0 aliphatic heterocycles. The van der Waals surface area contributed by atoms with Crippen molar-refractivity contribution in [1.82, 2.24) is 10.6 Å². The van der Waals surface area contributed by atoms with E-state index in [1.807, 2.05) is 0 Å². The van der Waals surface area contributed by atoms with E-state index in [0.717, 1.165) is 5.56 Å². The van der Waals surface area contributed by atoms with Gasteiger partial charge in [-0.05, 0) is 47.7 Å². The normalized spacial score (nSPS) is 17.3. The largest absolute Gasteiger partial charge is 0.573 e. The third-order valence-corrected chi connectivity index (χ3v) is 7.68. The van der Waals surface area contributed by atoms with Crippen molar-refractivity contribution in [3.63, 3.8) is 0 Å². The van der Waals surface area contributed by atoms with E-state index in [-0.39, 0.29) is 35.5 Å². The van der Waals surface area contributed by atoms with Crippen LogP contribution in [-0.2, 0) is 32.7 Å². The Bertz CT molecular complexity index is 1480. The molecule has 1 aliphatic carbocycles. The van der Waals surface area contributed by atoms with Gasteiger partial charge in [0, 0.05) is 30.5 Å². The van der Waals surface area contributed by atoms with Crippen LogP contribution in [0.3, 0.4) is 0 Å². The second-order valence-corrected chi connectivity index (χ2v) is 11.0. The van der Waals surface area contributed by atoms with Crippen LogP contribution >= 0.6 is 0 Å². The van der Waals surface area contributed by atoms with Gasteiger partial charge in [-0.25, -0.2) is 13.6 Å². The predicted molar refractivity (Wildman–Crippen MR) is 141 cm³/mol. The summed E-state index contributed by atoms with van der Waals surface area (Å²) in [5, 5.41) is 10.9. The molecule has 1 fully saturated rings. The number of primary sulfonamides is 1. The van der Waals surface area contributed by atoms with Crippen molar-refractivity contribution in [3.8, 4) is 16.9 Å². The molecule has 0 spiro atoms. The molecule has 0 bridgehead atoms. The summed E-state index contributed by atoms with van der Waals surface area (Å²) in [5.41, 5.74) is 2.34. The minimum atomic E-state index is -4.81. The number of nitrogens with one attached hydrogen (secondary N) is 2. The number of hydrogen-bond acceptors (Lipinski definition) is 5. The Morgan fingerprint density at radius 1 is 0.850 bits per heavy atom. The third kappa shape index (κ3) is 7.60. The number of halogens is 3. The van der Waals surface area contributed by atoms with Crippen LogP contribution in [0.15, 0.2) is 77.7 Å². The molecule has 4 N–H and O–H groups in total. The topological polar surface area (TPSA) is 128 Å². The number of benzene rings is 3. The van der Waals surface area contributed by atoms with E-state index in [4.69, 9.17) is 5.14 Å². The van der Waals surface area contributed by atoms with Gasteiger partial charge in [0.05, 0.1) is 4.90 Å². The Labute approximate surface area is 229 Å². The van der Waals surface area contributed by atoms with Crippen molar-refractivity contribution >= 4 is 21.8 Å². The summed E-state index contributed by atoms with van der Waals surface area (Å²) >= 11 is 0. The van der Waals surface area contributed by atoms with Crippen molar-refractivity contribution in [1.29, 1.82) is 0 Å². The molecule has 0 heterocycles. The van der Waals surface area contributed by atoms with Crippen LogP contribution < -0.4 is 20.5 Å². The molecule has 12 heteroatoms. The van der Waals surface area contributed by atoms with Crippen LogP contribution in [0.2, 0.25) is 0 Å². The summed E-state index contributed by atoms with van der Waals surface area (Å²) in [6.45, 7) is 0.215. The van der Waals surface area contributed by atoms with Crippen molar-refractivity contribution in [2.24, 2.45) is 17.0 Å². The van der Waals surface area contributed by atoms with Crippen LogP contribution in [0.25, 0.3) is 11.1 Å². The lowest BCUT2D eigenvalue weighted by Gasteiger charge is -2.19. The SMILES string of the molecule is NS(=O)(=O)c1ccccc1-c1ccc(CNC(=O)C2CCCC2C(=O)NCc2cccc(OC(F)(F)F)c2)cc1. The quantitative estimate of drug-likeness (QED) is 0.352. The highest BCUT2D eigenvalue weighted by Gasteiger charge is 2.37. The Morgan fingerprint density at radius 3 is 2.05 bits per heavy atom. The molecule has 1 saturated carbocycles. The fourth-order valence-electron chi connectivity index (χ4n) is 4.84. The van der Waals surface area contributed by atoms with E-state index in [1.54, 1.807) is 48.5 Å². The van der Waals surface area contributed by atoms with Gasteiger partial charge in [-0.1, -0.05) is 61.0 Å². The predicted octanol–water partition coefficient (Wildman–Crippen LogP) is 4.25. The zero-order chi connectivity index (χ0) is 28.9. The molecule has 4 rings (SSSR count). The van der Waals surface area contributed by atoms with Gasteiger partial charge in [0.2, 0.25) is 21.8 Å². The lowest BCUT2D eigenvalue weighted by Crippen LogP contribution is -2.39. The summed E-state index contributed by atoms with van der Waals surface area (Å²) in [4.78, 5) is 25.8. The maximum absolute atomic E-state index is 12.9. The highest BCUT2D eigenvalue weighted by atomic mass is 32.2. The third-order valence-electron chi connectivity index (χ3n) is 6.71. The number of amides is 2. The first kappa shape index (κ1) is 29.1. The highest BCUT2D eigenvalue weighted by Crippen LogP contribution is 2.33. The van der Waals surface area contributed by atoms with Crippen LogP contribution in [0, 0.1) is 11.8 Å². The fourth-order valence-corrected chi connectivity index (χ4v) is 5.60. The van der Waals surface area contributed by atoms with Gasteiger partial charge in [0.15, 0.2) is 0 Å². The summed E-state index contributed by atoms with van der Waals surface area (Å²) < 4.78 is 65.1. The maximum Gasteiger partial charge on any atom is 0.573 e. The van der Waals surface area contributed by atoms with Gasteiger partial charge >= 0.3 is 6.36 Å². The molecule has 1 aliphatic rings. The molecule has 40 heavy (non-hydrogen) atoms. The molecule has 0 radical (unpaired) electrons. The lowest BCUT2D eigenvalue weighted by molar-refractivity contribution is -0.274. The number of hydrogen-bond donors (Lipinski definition) is 3. The summed E-state index contributed by atoms with van der Waals surface area (Å²) in [6, 6.07) is 18.8. The van der Waals surface area contributed by atoms with Gasteiger partial charge in [-0.15, -0.1) is 13.2 Å². The second kappa shape index (κ2) is 12.1. The van der Waals surface area contributed by atoms with Gasteiger partial charge in [-0.2, -0.15) is 0 Å². The number of rotatable bonds is 9. The standard InChI is InChI=1S/C28H28F3N3O5S/c29-28(30,31)39-21-6-3-5-19(15-21)17-34-27(36)24-9-4-8-23(24)26(35)33-16-18-11-13-20(14-12-18)22-7-1-2-10-25(22)40(32,37)38/h1-3,5-7,10-15,23-24H,4,8-9,16-17H2,(H,33,35)(H,34,36)(H2,32,37,38). The lowest BCUT2D eigenvalue weighted by atomic mass is 9.94. The number of sulfonamides is 1. The van der Waals surface area contributed by atoms with E-state index in [9.17, 15) is 31.2 Å². The summed E-state index contributed by atoms with van der Waals surface area (Å²) in [6.07, 6.45) is -3.04. The monoisotopic (exact) mass is 575 g/mol. The van der Waals surface area contributed by atoms with Crippen molar-refractivity contribution in [2.45, 2.75) is 43.6 Å². The van der Waals surface area contributed by atoms with Gasteiger partial charge in [-0.3, -0.25) is 9.59 Å². The van der Waals surface area contributed by atoms with Gasteiger partial charge in [0.1, 0.15) is 5.75 Å². The first-order valence-electron chi connectivity index (χ1n) is 12.5. The molecular weight excluding hydrogens is 547 g/mol. The van der Waals surface area contributed by atoms with E-state index in [1.165, 1.54) is 24.3 Å². The molecule has 2 amide bonds. The van der Waals surface area contributed by atoms with Crippen molar-refractivity contribution in [2.75, 3.05) is 0 Å². The Morgan fingerprint density at radius 2 is 1.45 bits per heavy atom. The molecule has 2 unspecified atom stereocenters. The number of carbonyl (C=O) groups is 2. The molecule has 3 aromatic carbocycles. The molecule has 2 atom stereocenters. The molecule has 212 valence electrons. The van der Waals surface area contributed by atoms with Crippen LogP contribution in [-0.4, -0.2) is 26.6 Å². The smallest absolute Gasteiger partial charge is 0.406 e. The van der Waals surface area contributed by atoms with E-state index < -0.39 is 28.2 Å². The molecule has 3 aromatic rings. The number of nitrogens with two attached hydrogens (primary N) is 1. The van der Waals surface area contributed by atoms with Crippen LogP contribution in [0.4, 0.5) is 13.2 Å². The summed E-state index contributed by atoms with van der Waals surface area (Å²) in [5.74, 6) is -2.05. The second-order valence-electron chi connectivity index (χ2n) is 9.51. The minimum absolute atomic E-state index is 0.000333. The van der Waals surface area contributed by atoms with Crippen LogP contribution in [0.1, 0.15) is 30.4 Å². The van der Waals surface area contributed by atoms with Crippen LogP contribution in [0.5, 0.6) is 5.75 Å². The van der Waals surface area contributed by atoms with Gasteiger partial charge in [0.25, 0.3) is 0 Å². The summed E-state index contributed by atoms with van der Waals surface area (Å²) in [7, 11) is -3.90. The van der Waals surface area contributed by atoms with Crippen molar-refractivity contribution in [3.05, 3.63) is 83.9 Å². The Kier molecular flexibility index (Phi) is 8.79. The molecule has 0 saturated heterocycles. The Balaban J connectivity index is 1.32.